The summed E-state index contributed by atoms with van der Waals surface area (Å²) in [6.45, 7) is 0. The number of halogens is 3. The summed E-state index contributed by atoms with van der Waals surface area (Å²) in [6, 6.07) is 4.25. The van der Waals surface area contributed by atoms with Crippen LogP contribution in [-0.2, 0) is 15.7 Å². The van der Waals surface area contributed by atoms with Crippen LogP contribution < -0.4 is 0 Å². The molecule has 0 fully saturated rings. The van der Waals surface area contributed by atoms with Gasteiger partial charge in [0.25, 0.3) is 0 Å². The number of hydrogen-bond acceptors (Lipinski definition) is 3. The SMILES string of the molecule is COC(=O)CCCC(=O)c1cccc(C(F)(F)F)c1. The normalized spacial score (nSPS) is 11.2. The summed E-state index contributed by atoms with van der Waals surface area (Å²) in [5, 5.41) is 0. The first-order valence-electron chi connectivity index (χ1n) is 5.62. The Morgan fingerprint density at radius 2 is 1.89 bits per heavy atom. The van der Waals surface area contributed by atoms with Crippen LogP contribution in [0.15, 0.2) is 24.3 Å². The third kappa shape index (κ3) is 4.73. The van der Waals surface area contributed by atoms with Gasteiger partial charge in [0, 0.05) is 18.4 Å². The first kappa shape index (κ1) is 15.2. The number of esters is 1. The molecule has 0 saturated carbocycles. The van der Waals surface area contributed by atoms with Gasteiger partial charge in [0.15, 0.2) is 5.78 Å². The summed E-state index contributed by atoms with van der Waals surface area (Å²) >= 11 is 0. The summed E-state index contributed by atoms with van der Waals surface area (Å²) in [7, 11) is 1.23. The highest BCUT2D eigenvalue weighted by Crippen LogP contribution is 2.29. The van der Waals surface area contributed by atoms with Gasteiger partial charge in [0.2, 0.25) is 0 Å². The highest BCUT2D eigenvalue weighted by Gasteiger charge is 2.30. The topological polar surface area (TPSA) is 43.4 Å². The molecule has 0 saturated heterocycles. The Morgan fingerprint density at radius 1 is 1.21 bits per heavy atom. The molecule has 0 spiro atoms. The molecule has 0 heterocycles. The van der Waals surface area contributed by atoms with Crippen molar-refractivity contribution in [3.63, 3.8) is 0 Å². The van der Waals surface area contributed by atoms with Crippen LogP contribution in [0, 0.1) is 0 Å². The number of carbonyl (C=O) groups excluding carboxylic acids is 2. The minimum absolute atomic E-state index is 0.000286. The van der Waals surface area contributed by atoms with Gasteiger partial charge in [-0.3, -0.25) is 9.59 Å². The molecule has 6 heteroatoms. The number of methoxy groups -OCH3 is 1. The second-order valence-electron chi connectivity index (χ2n) is 3.93. The lowest BCUT2D eigenvalue weighted by Gasteiger charge is -2.08. The maximum atomic E-state index is 12.5. The first-order chi connectivity index (χ1) is 8.84. The minimum atomic E-state index is -4.47. The molecular weight excluding hydrogens is 261 g/mol. The molecule has 0 atom stereocenters. The summed E-state index contributed by atoms with van der Waals surface area (Å²) in [6.07, 6.45) is -4.14. The van der Waals surface area contributed by atoms with E-state index in [0.29, 0.717) is 0 Å². The number of carbonyl (C=O) groups is 2. The Bertz CT molecular complexity index is 466. The van der Waals surface area contributed by atoms with Gasteiger partial charge in [-0.15, -0.1) is 0 Å². The van der Waals surface area contributed by atoms with Crippen LogP contribution in [-0.4, -0.2) is 18.9 Å². The Hall–Kier alpha value is -1.85. The van der Waals surface area contributed by atoms with E-state index in [-0.39, 0.29) is 24.8 Å². The molecular formula is C13H13F3O3. The van der Waals surface area contributed by atoms with Gasteiger partial charge in [-0.2, -0.15) is 13.2 Å². The second kappa shape index (κ2) is 6.36. The fourth-order valence-electron chi connectivity index (χ4n) is 1.51. The lowest BCUT2D eigenvalue weighted by atomic mass is 10.0. The molecule has 0 aliphatic carbocycles. The van der Waals surface area contributed by atoms with E-state index in [1.807, 2.05) is 0 Å². The monoisotopic (exact) mass is 274 g/mol. The molecule has 0 radical (unpaired) electrons. The number of ketones is 1. The van der Waals surface area contributed by atoms with E-state index in [1.165, 1.54) is 19.2 Å². The third-order valence-corrected chi connectivity index (χ3v) is 2.52. The predicted octanol–water partition coefficient (Wildman–Crippen LogP) is 3.23. The summed E-state index contributed by atoms with van der Waals surface area (Å²) < 4.78 is 41.8. The summed E-state index contributed by atoms with van der Waals surface area (Å²) in [5.74, 6) is -0.869. The Morgan fingerprint density at radius 3 is 2.47 bits per heavy atom. The number of alkyl halides is 3. The van der Waals surface area contributed by atoms with Crippen molar-refractivity contribution in [3.05, 3.63) is 35.4 Å². The molecule has 1 aromatic rings. The van der Waals surface area contributed by atoms with Gasteiger partial charge in [-0.05, 0) is 18.6 Å². The fourth-order valence-corrected chi connectivity index (χ4v) is 1.51. The van der Waals surface area contributed by atoms with E-state index in [0.717, 1.165) is 12.1 Å². The number of hydrogen-bond donors (Lipinski definition) is 0. The van der Waals surface area contributed by atoms with Crippen LogP contribution in [0.1, 0.15) is 35.2 Å². The quantitative estimate of drug-likeness (QED) is 0.611. The van der Waals surface area contributed by atoms with Crippen molar-refractivity contribution in [1.82, 2.24) is 0 Å². The standard InChI is InChI=1S/C13H13F3O3/c1-19-12(18)7-3-6-11(17)9-4-2-5-10(8-9)13(14,15)16/h2,4-5,8H,3,6-7H2,1H3. The first-order valence-corrected chi connectivity index (χ1v) is 5.62. The molecule has 0 bridgehead atoms. The molecule has 0 unspecified atom stereocenters. The van der Waals surface area contributed by atoms with Crippen LogP contribution in [0.4, 0.5) is 13.2 Å². The second-order valence-corrected chi connectivity index (χ2v) is 3.93. The zero-order valence-corrected chi connectivity index (χ0v) is 10.3. The van der Waals surface area contributed by atoms with Crippen molar-refractivity contribution in [1.29, 1.82) is 0 Å². The van der Waals surface area contributed by atoms with E-state index in [9.17, 15) is 22.8 Å². The Labute approximate surface area is 108 Å². The molecule has 3 nitrogen and oxygen atoms in total. The predicted molar refractivity (Wildman–Crippen MR) is 61.6 cm³/mol. The molecule has 0 aliphatic rings. The Balaban J connectivity index is 2.65. The van der Waals surface area contributed by atoms with Crippen molar-refractivity contribution < 1.29 is 27.5 Å². The number of ether oxygens (including phenoxy) is 1. The van der Waals surface area contributed by atoms with Crippen LogP contribution in [0.3, 0.4) is 0 Å². The summed E-state index contributed by atoms with van der Waals surface area (Å²) in [4.78, 5) is 22.5. The van der Waals surface area contributed by atoms with Crippen LogP contribution in [0.25, 0.3) is 0 Å². The van der Waals surface area contributed by atoms with Gasteiger partial charge in [-0.1, -0.05) is 12.1 Å². The molecule has 1 rings (SSSR count). The van der Waals surface area contributed by atoms with Crippen molar-refractivity contribution in [3.8, 4) is 0 Å². The zero-order valence-electron chi connectivity index (χ0n) is 10.3. The van der Waals surface area contributed by atoms with E-state index < -0.39 is 23.5 Å². The largest absolute Gasteiger partial charge is 0.469 e. The molecule has 0 amide bonds. The Kier molecular flexibility index (Phi) is 5.09. The average molecular weight is 274 g/mol. The molecule has 1 aromatic carbocycles. The van der Waals surface area contributed by atoms with Crippen molar-refractivity contribution >= 4 is 11.8 Å². The maximum Gasteiger partial charge on any atom is 0.416 e. The van der Waals surface area contributed by atoms with E-state index >= 15 is 0 Å². The van der Waals surface area contributed by atoms with E-state index in [1.54, 1.807) is 0 Å². The zero-order chi connectivity index (χ0) is 14.5. The van der Waals surface area contributed by atoms with Gasteiger partial charge < -0.3 is 4.74 Å². The molecule has 19 heavy (non-hydrogen) atoms. The fraction of sp³-hybridized carbons (Fsp3) is 0.385. The van der Waals surface area contributed by atoms with Gasteiger partial charge in [-0.25, -0.2) is 0 Å². The number of Topliss-reactive ketones (excluding diaryl/α,β-unsaturated/α-hetero) is 1. The van der Waals surface area contributed by atoms with Crippen molar-refractivity contribution in [2.75, 3.05) is 7.11 Å². The summed E-state index contributed by atoms with van der Waals surface area (Å²) in [5.41, 5.74) is -0.856. The minimum Gasteiger partial charge on any atom is -0.469 e. The lowest BCUT2D eigenvalue weighted by Crippen LogP contribution is -2.08. The molecule has 104 valence electrons. The number of rotatable bonds is 5. The van der Waals surface area contributed by atoms with Gasteiger partial charge in [0.05, 0.1) is 12.7 Å². The van der Waals surface area contributed by atoms with Crippen LogP contribution >= 0.6 is 0 Å². The van der Waals surface area contributed by atoms with E-state index in [2.05, 4.69) is 4.74 Å². The van der Waals surface area contributed by atoms with Crippen molar-refractivity contribution in [2.45, 2.75) is 25.4 Å². The highest BCUT2D eigenvalue weighted by molar-refractivity contribution is 5.96. The molecule has 0 aliphatic heterocycles. The van der Waals surface area contributed by atoms with Gasteiger partial charge >= 0.3 is 12.1 Å². The van der Waals surface area contributed by atoms with Crippen molar-refractivity contribution in [2.24, 2.45) is 0 Å². The van der Waals surface area contributed by atoms with Gasteiger partial charge in [0.1, 0.15) is 0 Å². The maximum absolute atomic E-state index is 12.5. The molecule has 0 N–H and O–H groups in total. The van der Waals surface area contributed by atoms with Crippen LogP contribution in [0.2, 0.25) is 0 Å². The highest BCUT2D eigenvalue weighted by atomic mass is 19.4. The smallest absolute Gasteiger partial charge is 0.416 e. The van der Waals surface area contributed by atoms with Crippen LogP contribution in [0.5, 0.6) is 0 Å². The lowest BCUT2D eigenvalue weighted by molar-refractivity contribution is -0.140. The average Bonchev–Trinajstić information content (AvgIpc) is 2.37. The third-order valence-electron chi connectivity index (χ3n) is 2.52. The van der Waals surface area contributed by atoms with E-state index in [4.69, 9.17) is 0 Å². The molecule has 0 aromatic heterocycles. The number of benzene rings is 1.